The number of hydrogen-bond donors (Lipinski definition) is 2. The number of nitrogens with zero attached hydrogens (tertiary/aromatic N) is 1. The summed E-state index contributed by atoms with van der Waals surface area (Å²) in [5.74, 6) is -1.19. The summed E-state index contributed by atoms with van der Waals surface area (Å²) in [7, 11) is 0. The zero-order valence-corrected chi connectivity index (χ0v) is 11.9. The Morgan fingerprint density at radius 3 is 2.35 bits per heavy atom. The summed E-state index contributed by atoms with van der Waals surface area (Å²) in [5.41, 5.74) is 3.53. The van der Waals surface area contributed by atoms with Gasteiger partial charge in [-0.3, -0.25) is 14.9 Å². The summed E-state index contributed by atoms with van der Waals surface area (Å²) in [6, 6.07) is 2.88. The van der Waals surface area contributed by atoms with Crippen LogP contribution in [0.5, 0.6) is 0 Å². The average Bonchev–Trinajstić information content (AvgIpc) is 2.26. The number of nitro benzene ring substituents is 1. The number of nitrogens with one attached hydrogen (secondary N) is 1. The Morgan fingerprint density at radius 2 is 1.90 bits per heavy atom. The Bertz CT molecular complexity index is 550. The van der Waals surface area contributed by atoms with Crippen molar-refractivity contribution in [3.63, 3.8) is 0 Å². The molecule has 0 saturated heterocycles. The van der Waals surface area contributed by atoms with Crippen LogP contribution in [-0.4, -0.2) is 16.4 Å². The quantitative estimate of drug-likeness (QED) is 0.655. The van der Waals surface area contributed by atoms with E-state index in [2.05, 4.69) is 5.32 Å². The van der Waals surface area contributed by atoms with Crippen molar-refractivity contribution in [2.24, 2.45) is 11.1 Å². The van der Waals surface area contributed by atoms with E-state index < -0.39 is 27.6 Å². The summed E-state index contributed by atoms with van der Waals surface area (Å²) in [4.78, 5) is 22.4. The summed E-state index contributed by atoms with van der Waals surface area (Å²) < 4.78 is 13.2. The highest BCUT2D eigenvalue weighted by molar-refractivity contribution is 5.97. The van der Waals surface area contributed by atoms with Gasteiger partial charge < -0.3 is 11.1 Å². The van der Waals surface area contributed by atoms with E-state index in [-0.39, 0.29) is 11.4 Å². The van der Waals surface area contributed by atoms with Gasteiger partial charge in [-0.2, -0.15) is 0 Å². The normalized spacial score (nSPS) is 12.1. The van der Waals surface area contributed by atoms with Crippen molar-refractivity contribution in [2.75, 3.05) is 5.32 Å². The van der Waals surface area contributed by atoms with Gasteiger partial charge in [0, 0.05) is 17.7 Å². The molecule has 1 aromatic carbocycles. The first-order valence-electron chi connectivity index (χ1n) is 6.01. The monoisotopic (exact) mass is 283 g/mol. The van der Waals surface area contributed by atoms with E-state index in [0.717, 1.165) is 18.2 Å². The molecule has 0 atom stereocenters. The highest BCUT2D eigenvalue weighted by Gasteiger charge is 2.41. The minimum Gasteiger partial charge on any atom is -0.325 e. The van der Waals surface area contributed by atoms with Crippen LogP contribution in [0.15, 0.2) is 18.2 Å². The highest BCUT2D eigenvalue weighted by atomic mass is 19.1. The topological polar surface area (TPSA) is 98.3 Å². The molecule has 3 N–H and O–H groups in total. The molecule has 0 fully saturated rings. The van der Waals surface area contributed by atoms with Gasteiger partial charge in [0.15, 0.2) is 0 Å². The van der Waals surface area contributed by atoms with Crippen LogP contribution in [0.2, 0.25) is 0 Å². The first-order chi connectivity index (χ1) is 8.96. The van der Waals surface area contributed by atoms with Crippen LogP contribution < -0.4 is 11.1 Å². The molecule has 1 rings (SSSR count). The van der Waals surface area contributed by atoms with Crippen molar-refractivity contribution in [1.82, 2.24) is 0 Å². The standard InChI is InChI=1S/C13H18FN3O3/c1-12(2,13(3,4)15)11(18)16-9-7-8(14)5-6-10(9)17(19)20/h5-7H,15H2,1-4H3,(H,16,18). The van der Waals surface area contributed by atoms with Crippen molar-refractivity contribution in [1.29, 1.82) is 0 Å². The zero-order valence-electron chi connectivity index (χ0n) is 11.9. The van der Waals surface area contributed by atoms with E-state index in [9.17, 15) is 19.3 Å². The van der Waals surface area contributed by atoms with E-state index in [0.29, 0.717) is 0 Å². The first kappa shape index (κ1) is 16.0. The van der Waals surface area contributed by atoms with Gasteiger partial charge in [0.1, 0.15) is 11.5 Å². The number of amides is 1. The molecule has 0 radical (unpaired) electrons. The van der Waals surface area contributed by atoms with Gasteiger partial charge in [0.05, 0.1) is 10.3 Å². The molecule has 0 aliphatic heterocycles. The molecule has 0 aromatic heterocycles. The lowest BCUT2D eigenvalue weighted by molar-refractivity contribution is -0.384. The summed E-state index contributed by atoms with van der Waals surface area (Å²) >= 11 is 0. The van der Waals surface area contributed by atoms with E-state index in [1.165, 1.54) is 0 Å². The minimum absolute atomic E-state index is 0.183. The molecule has 0 spiro atoms. The van der Waals surface area contributed by atoms with Gasteiger partial charge in [-0.05, 0) is 33.8 Å². The van der Waals surface area contributed by atoms with Crippen molar-refractivity contribution in [2.45, 2.75) is 33.2 Å². The van der Waals surface area contributed by atoms with Gasteiger partial charge in [0.2, 0.25) is 5.91 Å². The van der Waals surface area contributed by atoms with Crippen LogP contribution in [0.1, 0.15) is 27.7 Å². The van der Waals surface area contributed by atoms with Crippen molar-refractivity contribution in [3.05, 3.63) is 34.1 Å². The van der Waals surface area contributed by atoms with Gasteiger partial charge in [0.25, 0.3) is 5.69 Å². The second kappa shape index (κ2) is 5.16. The number of anilines is 1. The van der Waals surface area contributed by atoms with Gasteiger partial charge in [-0.1, -0.05) is 0 Å². The van der Waals surface area contributed by atoms with Crippen LogP contribution in [0.4, 0.5) is 15.8 Å². The SMILES string of the molecule is CC(C)(N)C(C)(C)C(=O)Nc1cc(F)ccc1[N+](=O)[O-]. The molecule has 6 nitrogen and oxygen atoms in total. The largest absolute Gasteiger partial charge is 0.325 e. The Kier molecular flexibility index (Phi) is 4.14. The lowest BCUT2D eigenvalue weighted by Gasteiger charge is -2.36. The van der Waals surface area contributed by atoms with Crippen molar-refractivity contribution in [3.8, 4) is 0 Å². The highest BCUT2D eigenvalue weighted by Crippen LogP contribution is 2.32. The second-order valence-electron chi connectivity index (χ2n) is 5.72. The Hall–Kier alpha value is -2.02. The fourth-order valence-electron chi connectivity index (χ4n) is 1.34. The number of halogens is 1. The number of nitro groups is 1. The number of nitrogens with two attached hydrogens (primary N) is 1. The van der Waals surface area contributed by atoms with E-state index in [1.54, 1.807) is 27.7 Å². The number of carbonyl (C=O) groups is 1. The fraction of sp³-hybridized carbons (Fsp3) is 0.462. The van der Waals surface area contributed by atoms with Crippen molar-refractivity contribution < 1.29 is 14.1 Å². The summed E-state index contributed by atoms with van der Waals surface area (Å²) in [6.07, 6.45) is 0. The Balaban J connectivity index is 3.14. The molecule has 7 heteroatoms. The molecule has 20 heavy (non-hydrogen) atoms. The Morgan fingerprint density at radius 1 is 1.35 bits per heavy atom. The van der Waals surface area contributed by atoms with Crippen LogP contribution in [0, 0.1) is 21.3 Å². The number of rotatable bonds is 4. The molecule has 0 heterocycles. The smallest absolute Gasteiger partial charge is 0.292 e. The molecule has 0 unspecified atom stereocenters. The maximum Gasteiger partial charge on any atom is 0.292 e. The molecule has 1 aromatic rings. The molecule has 0 saturated carbocycles. The average molecular weight is 283 g/mol. The third kappa shape index (κ3) is 3.11. The zero-order chi connectivity index (χ0) is 15.7. The van der Waals surface area contributed by atoms with Crippen LogP contribution in [0.3, 0.4) is 0 Å². The van der Waals surface area contributed by atoms with Crippen LogP contribution in [-0.2, 0) is 4.79 Å². The lowest BCUT2D eigenvalue weighted by Crippen LogP contribution is -2.53. The lowest BCUT2D eigenvalue weighted by atomic mass is 9.74. The Labute approximate surface area is 116 Å². The summed E-state index contributed by atoms with van der Waals surface area (Å²) in [5, 5.41) is 13.2. The van der Waals surface area contributed by atoms with Crippen LogP contribution in [0.25, 0.3) is 0 Å². The van der Waals surface area contributed by atoms with Gasteiger partial charge >= 0.3 is 0 Å². The second-order valence-corrected chi connectivity index (χ2v) is 5.72. The van der Waals surface area contributed by atoms with E-state index in [4.69, 9.17) is 5.73 Å². The first-order valence-corrected chi connectivity index (χ1v) is 6.01. The predicted molar refractivity (Wildman–Crippen MR) is 73.7 cm³/mol. The molecule has 0 bridgehead atoms. The molecule has 0 aliphatic rings. The predicted octanol–water partition coefficient (Wildman–Crippen LogP) is 2.44. The number of benzene rings is 1. The third-order valence-electron chi connectivity index (χ3n) is 3.58. The summed E-state index contributed by atoms with van der Waals surface area (Å²) in [6.45, 7) is 6.58. The number of carbonyl (C=O) groups excluding carboxylic acids is 1. The van der Waals surface area contributed by atoms with E-state index in [1.807, 2.05) is 0 Å². The maximum absolute atomic E-state index is 13.2. The fourth-order valence-corrected chi connectivity index (χ4v) is 1.34. The van der Waals surface area contributed by atoms with Crippen molar-refractivity contribution >= 4 is 17.3 Å². The molecular weight excluding hydrogens is 265 g/mol. The number of hydrogen-bond acceptors (Lipinski definition) is 4. The molecule has 0 aliphatic carbocycles. The van der Waals surface area contributed by atoms with E-state index >= 15 is 0 Å². The van der Waals surface area contributed by atoms with Gasteiger partial charge in [-0.15, -0.1) is 0 Å². The molecule has 110 valence electrons. The third-order valence-corrected chi connectivity index (χ3v) is 3.58. The minimum atomic E-state index is -0.993. The maximum atomic E-state index is 13.2. The van der Waals surface area contributed by atoms with Gasteiger partial charge in [-0.25, -0.2) is 4.39 Å². The molecule has 1 amide bonds. The van der Waals surface area contributed by atoms with Crippen LogP contribution >= 0.6 is 0 Å². The molecular formula is C13H18FN3O3.